The maximum Gasteiger partial charge on any atom is 0.0623 e. The first-order chi connectivity index (χ1) is 11.3. The third kappa shape index (κ3) is 2.28. The number of imidazole rings is 1. The van der Waals surface area contributed by atoms with Crippen LogP contribution in [0.4, 0.5) is 0 Å². The molecule has 2 atom stereocenters. The van der Waals surface area contributed by atoms with Crippen LogP contribution in [0.1, 0.15) is 48.2 Å². The molecule has 24 heavy (non-hydrogen) atoms. The summed E-state index contributed by atoms with van der Waals surface area (Å²) in [5.74, 6) is 2.30. The van der Waals surface area contributed by atoms with Crippen LogP contribution in [-0.4, -0.2) is 14.5 Å². The molecule has 3 nitrogen and oxygen atoms in total. The molecule has 2 aliphatic carbocycles. The predicted molar refractivity (Wildman–Crippen MR) is 89.7 cm³/mol. The summed E-state index contributed by atoms with van der Waals surface area (Å²) in [5, 5.41) is 0. The maximum atomic E-state index is 5.04. The van der Waals surface area contributed by atoms with Crippen molar-refractivity contribution in [1.82, 2.24) is 14.5 Å². The van der Waals surface area contributed by atoms with E-state index in [4.69, 9.17) is 4.98 Å². The van der Waals surface area contributed by atoms with Gasteiger partial charge in [0.15, 0.2) is 0 Å². The monoisotopic (exact) mass is 493 g/mol. The SMILES string of the molecule is Cc1c[c-]c(-c2nc3c(n2-c2ccccc2)C2CCC3C2)cn1.[Ir]. The van der Waals surface area contributed by atoms with E-state index in [1.54, 1.807) is 0 Å². The van der Waals surface area contributed by atoms with E-state index in [1.807, 2.05) is 19.2 Å². The van der Waals surface area contributed by atoms with Crippen molar-refractivity contribution in [1.29, 1.82) is 0 Å². The Morgan fingerprint density at radius 1 is 1.12 bits per heavy atom. The van der Waals surface area contributed by atoms with Crippen LogP contribution in [0.5, 0.6) is 0 Å². The van der Waals surface area contributed by atoms with Crippen LogP contribution >= 0.6 is 0 Å². The maximum absolute atomic E-state index is 5.04. The summed E-state index contributed by atoms with van der Waals surface area (Å²) in [4.78, 5) is 9.48. The van der Waals surface area contributed by atoms with Crippen molar-refractivity contribution in [2.24, 2.45) is 0 Å². The summed E-state index contributed by atoms with van der Waals surface area (Å²) < 4.78 is 2.35. The Bertz CT molecular complexity index is 868. The van der Waals surface area contributed by atoms with Crippen molar-refractivity contribution in [2.75, 3.05) is 0 Å². The van der Waals surface area contributed by atoms with E-state index in [9.17, 15) is 0 Å². The Morgan fingerprint density at radius 2 is 1.92 bits per heavy atom. The van der Waals surface area contributed by atoms with Gasteiger partial charge in [-0.3, -0.25) is 4.98 Å². The van der Waals surface area contributed by atoms with Gasteiger partial charge >= 0.3 is 0 Å². The molecular weight excluding hydrogens is 474 g/mol. The van der Waals surface area contributed by atoms with Crippen molar-refractivity contribution in [3.05, 3.63) is 65.7 Å². The average molecular weight is 493 g/mol. The molecule has 0 N–H and O–H groups in total. The summed E-state index contributed by atoms with van der Waals surface area (Å²) in [7, 11) is 0. The normalized spacial score (nSPS) is 20.7. The summed E-state index contributed by atoms with van der Waals surface area (Å²) in [6.45, 7) is 1.99. The molecule has 1 fully saturated rings. The number of aromatic nitrogens is 3. The minimum absolute atomic E-state index is 0. The number of fused-ring (bicyclic) bond motifs is 5. The molecule has 0 saturated heterocycles. The van der Waals surface area contributed by atoms with Gasteiger partial charge in [0, 0.05) is 43.3 Å². The van der Waals surface area contributed by atoms with Gasteiger partial charge in [-0.25, -0.2) is 0 Å². The number of para-hydroxylation sites is 1. The van der Waals surface area contributed by atoms with Crippen LogP contribution in [0.3, 0.4) is 0 Å². The van der Waals surface area contributed by atoms with E-state index < -0.39 is 0 Å². The van der Waals surface area contributed by atoms with Crippen molar-refractivity contribution in [2.45, 2.75) is 38.0 Å². The molecule has 2 heterocycles. The van der Waals surface area contributed by atoms with Crippen LogP contribution in [0.2, 0.25) is 0 Å². The molecule has 2 bridgehead atoms. The smallest absolute Gasteiger partial charge is 0.0623 e. The van der Waals surface area contributed by atoms with Crippen LogP contribution in [0, 0.1) is 13.0 Å². The number of hydrogen-bond donors (Lipinski definition) is 0. The Morgan fingerprint density at radius 3 is 2.67 bits per heavy atom. The van der Waals surface area contributed by atoms with E-state index in [2.05, 4.69) is 45.9 Å². The second-order valence-electron chi connectivity index (χ2n) is 6.69. The molecule has 3 aromatic rings. The van der Waals surface area contributed by atoms with Crippen LogP contribution in [0.15, 0.2) is 42.6 Å². The predicted octanol–water partition coefficient (Wildman–Crippen LogP) is 4.41. The van der Waals surface area contributed by atoms with Crippen LogP contribution in [-0.2, 0) is 20.1 Å². The van der Waals surface area contributed by atoms with Gasteiger partial charge in [-0.1, -0.05) is 36.9 Å². The van der Waals surface area contributed by atoms with Gasteiger partial charge in [0.2, 0.25) is 0 Å². The second-order valence-corrected chi connectivity index (χ2v) is 6.69. The summed E-state index contributed by atoms with van der Waals surface area (Å²) in [6.07, 6.45) is 5.76. The molecule has 1 radical (unpaired) electrons. The van der Waals surface area contributed by atoms with Crippen molar-refractivity contribution >= 4 is 0 Å². The molecule has 0 amide bonds. The number of aryl methyl sites for hydroxylation is 1. The number of nitrogens with zero attached hydrogens (tertiary/aromatic N) is 3. The summed E-state index contributed by atoms with van der Waals surface area (Å²) >= 11 is 0. The molecular formula is C20H18IrN3-. The third-order valence-corrected chi connectivity index (χ3v) is 5.24. The quantitative estimate of drug-likeness (QED) is 0.497. The fraction of sp³-hybridized carbons (Fsp3) is 0.300. The zero-order chi connectivity index (χ0) is 15.4. The summed E-state index contributed by atoms with van der Waals surface area (Å²) in [5.41, 5.74) is 5.90. The Balaban J connectivity index is 0.00000146. The molecule has 123 valence electrons. The fourth-order valence-corrected chi connectivity index (χ4v) is 4.18. The number of benzene rings is 1. The van der Waals surface area contributed by atoms with Crippen LogP contribution in [0.25, 0.3) is 17.1 Å². The van der Waals surface area contributed by atoms with Crippen molar-refractivity contribution in [3.63, 3.8) is 0 Å². The van der Waals surface area contributed by atoms with E-state index >= 15 is 0 Å². The minimum Gasteiger partial charge on any atom is -0.357 e. The Labute approximate surface area is 155 Å². The molecule has 0 spiro atoms. The average Bonchev–Trinajstić information content (AvgIpc) is 3.28. The molecule has 2 unspecified atom stereocenters. The van der Waals surface area contributed by atoms with Gasteiger partial charge < -0.3 is 9.55 Å². The molecule has 2 aromatic heterocycles. The van der Waals surface area contributed by atoms with E-state index in [1.165, 1.54) is 36.3 Å². The van der Waals surface area contributed by atoms with Crippen LogP contribution < -0.4 is 0 Å². The topological polar surface area (TPSA) is 30.7 Å². The van der Waals surface area contributed by atoms with Gasteiger partial charge in [0.25, 0.3) is 0 Å². The van der Waals surface area contributed by atoms with Gasteiger partial charge in [0.1, 0.15) is 0 Å². The second kappa shape index (κ2) is 5.94. The first kappa shape index (κ1) is 15.7. The Kier molecular flexibility index (Phi) is 3.90. The molecule has 0 aliphatic heterocycles. The van der Waals surface area contributed by atoms with E-state index in [0.29, 0.717) is 11.8 Å². The molecule has 5 rings (SSSR count). The number of rotatable bonds is 2. The minimum atomic E-state index is 0. The molecule has 2 aliphatic rings. The zero-order valence-corrected chi connectivity index (χ0v) is 15.9. The van der Waals surface area contributed by atoms with E-state index in [0.717, 1.165) is 17.1 Å². The van der Waals surface area contributed by atoms with E-state index in [-0.39, 0.29) is 20.1 Å². The standard InChI is InChI=1S/C20H18N3.Ir/c1-13-7-8-16(12-21-13)20-22-18-14-9-10-15(11-14)19(18)23(20)17-5-3-2-4-6-17;/h2-7,12,14-15H,9-11H2,1H3;/q-1;. The van der Waals surface area contributed by atoms with Gasteiger partial charge in [-0.15, -0.1) is 12.1 Å². The molecule has 4 heteroatoms. The third-order valence-electron chi connectivity index (χ3n) is 5.24. The van der Waals surface area contributed by atoms with Gasteiger partial charge in [-0.2, -0.15) is 0 Å². The largest absolute Gasteiger partial charge is 0.357 e. The number of pyridine rings is 1. The fourth-order valence-electron chi connectivity index (χ4n) is 4.18. The first-order valence-corrected chi connectivity index (χ1v) is 8.34. The molecule has 1 saturated carbocycles. The summed E-state index contributed by atoms with van der Waals surface area (Å²) in [6, 6.07) is 15.9. The first-order valence-electron chi connectivity index (χ1n) is 8.34. The zero-order valence-electron chi connectivity index (χ0n) is 13.5. The van der Waals surface area contributed by atoms with Crippen molar-refractivity contribution in [3.8, 4) is 17.1 Å². The van der Waals surface area contributed by atoms with Gasteiger partial charge in [-0.05, 0) is 37.1 Å². The molecule has 1 aromatic carbocycles. The van der Waals surface area contributed by atoms with Crippen molar-refractivity contribution < 1.29 is 20.1 Å². The van der Waals surface area contributed by atoms with Gasteiger partial charge in [0.05, 0.1) is 11.5 Å². The Hall–Kier alpha value is -1.77. The number of hydrogen-bond acceptors (Lipinski definition) is 2.